The third-order valence-electron chi connectivity index (χ3n) is 5.33. The van der Waals surface area contributed by atoms with E-state index >= 15 is 0 Å². The molecule has 0 atom stereocenters. The van der Waals surface area contributed by atoms with Crippen LogP contribution >= 0.6 is 0 Å². The predicted molar refractivity (Wildman–Crippen MR) is 118 cm³/mol. The summed E-state index contributed by atoms with van der Waals surface area (Å²) in [5, 5.41) is 3.19. The summed E-state index contributed by atoms with van der Waals surface area (Å²) in [5.41, 5.74) is 4.93. The van der Waals surface area contributed by atoms with Crippen LogP contribution in [0.25, 0.3) is 5.57 Å². The number of benzene rings is 2. The van der Waals surface area contributed by atoms with E-state index in [-0.39, 0.29) is 18.1 Å². The van der Waals surface area contributed by atoms with E-state index in [2.05, 4.69) is 5.32 Å². The second-order valence-corrected chi connectivity index (χ2v) is 7.67. The van der Waals surface area contributed by atoms with Crippen molar-refractivity contribution in [1.82, 2.24) is 4.90 Å². The van der Waals surface area contributed by atoms with Crippen LogP contribution in [0.2, 0.25) is 0 Å². The molecular formula is C25H24N2O4. The van der Waals surface area contributed by atoms with Crippen LogP contribution in [-0.2, 0) is 16.1 Å². The lowest BCUT2D eigenvalue weighted by molar-refractivity contribution is -0.137. The topological polar surface area (TPSA) is 71.8 Å². The molecule has 0 radical (unpaired) electrons. The van der Waals surface area contributed by atoms with Gasteiger partial charge in [0.15, 0.2) is 0 Å². The van der Waals surface area contributed by atoms with Gasteiger partial charge in [-0.1, -0.05) is 29.8 Å². The minimum Gasteiger partial charge on any atom is -0.495 e. The molecule has 1 N–H and O–H groups in total. The van der Waals surface area contributed by atoms with Crippen molar-refractivity contribution in [1.29, 1.82) is 0 Å². The Hall–Kier alpha value is -3.80. The summed E-state index contributed by atoms with van der Waals surface area (Å²) < 4.78 is 10.8. The number of methoxy groups -OCH3 is 1. The lowest BCUT2D eigenvalue weighted by atomic mass is 9.97. The van der Waals surface area contributed by atoms with Crippen molar-refractivity contribution in [3.8, 4) is 5.75 Å². The van der Waals surface area contributed by atoms with Gasteiger partial charge in [-0.05, 0) is 61.7 Å². The zero-order valence-corrected chi connectivity index (χ0v) is 18.0. The lowest BCUT2D eigenvalue weighted by Gasteiger charge is -2.15. The first-order chi connectivity index (χ1) is 14.9. The molecule has 2 heterocycles. The van der Waals surface area contributed by atoms with E-state index in [0.717, 1.165) is 22.3 Å². The summed E-state index contributed by atoms with van der Waals surface area (Å²) in [4.78, 5) is 28.0. The van der Waals surface area contributed by atoms with Crippen molar-refractivity contribution in [3.05, 3.63) is 88.5 Å². The number of carbonyl (C=O) groups is 2. The molecule has 0 fully saturated rings. The summed E-state index contributed by atoms with van der Waals surface area (Å²) in [7, 11) is 1.57. The normalized spacial score (nSPS) is 13.9. The highest BCUT2D eigenvalue weighted by atomic mass is 16.5. The molecule has 158 valence electrons. The van der Waals surface area contributed by atoms with Gasteiger partial charge in [-0.25, -0.2) is 0 Å². The maximum atomic E-state index is 13.4. The first-order valence-electron chi connectivity index (χ1n) is 10.0. The van der Waals surface area contributed by atoms with Gasteiger partial charge >= 0.3 is 0 Å². The van der Waals surface area contributed by atoms with Crippen molar-refractivity contribution < 1.29 is 18.7 Å². The molecule has 2 aromatic carbocycles. The predicted octanol–water partition coefficient (Wildman–Crippen LogP) is 4.61. The Bertz CT molecular complexity index is 1190. The molecular weight excluding hydrogens is 392 g/mol. The Morgan fingerprint density at radius 2 is 1.71 bits per heavy atom. The smallest absolute Gasteiger partial charge is 0.278 e. The fourth-order valence-electron chi connectivity index (χ4n) is 3.79. The quantitative estimate of drug-likeness (QED) is 0.595. The SMILES string of the molecule is COc1ccc(C)cc1NC1=C(c2ccc(C)cc2C)C(=O)N(Cc2ccco2)C1=O. The Balaban J connectivity index is 1.83. The second-order valence-electron chi connectivity index (χ2n) is 7.67. The Morgan fingerprint density at radius 3 is 2.39 bits per heavy atom. The third-order valence-corrected chi connectivity index (χ3v) is 5.33. The molecule has 1 aromatic heterocycles. The van der Waals surface area contributed by atoms with E-state index in [4.69, 9.17) is 9.15 Å². The van der Waals surface area contributed by atoms with Gasteiger partial charge in [0, 0.05) is 0 Å². The lowest BCUT2D eigenvalue weighted by Crippen LogP contribution is -2.31. The molecule has 2 amide bonds. The zero-order valence-electron chi connectivity index (χ0n) is 18.0. The molecule has 0 spiro atoms. The average Bonchev–Trinajstić information content (AvgIpc) is 3.32. The fourth-order valence-corrected chi connectivity index (χ4v) is 3.79. The summed E-state index contributed by atoms with van der Waals surface area (Å²) >= 11 is 0. The number of ether oxygens (including phenoxy) is 1. The van der Waals surface area contributed by atoms with Gasteiger partial charge < -0.3 is 14.5 Å². The van der Waals surface area contributed by atoms with Crippen LogP contribution in [-0.4, -0.2) is 23.8 Å². The highest BCUT2D eigenvalue weighted by Crippen LogP contribution is 2.35. The minimum absolute atomic E-state index is 0.0647. The molecule has 3 aromatic rings. The van der Waals surface area contributed by atoms with Crippen molar-refractivity contribution in [2.24, 2.45) is 0 Å². The number of aryl methyl sites for hydroxylation is 3. The van der Waals surface area contributed by atoms with E-state index in [9.17, 15) is 9.59 Å². The van der Waals surface area contributed by atoms with E-state index in [1.807, 2.05) is 57.2 Å². The van der Waals surface area contributed by atoms with E-state index < -0.39 is 5.91 Å². The Kier molecular flexibility index (Phi) is 5.38. The first-order valence-corrected chi connectivity index (χ1v) is 10.0. The van der Waals surface area contributed by atoms with Crippen LogP contribution in [0.3, 0.4) is 0 Å². The van der Waals surface area contributed by atoms with Gasteiger partial charge in [-0.15, -0.1) is 0 Å². The molecule has 6 nitrogen and oxygen atoms in total. The molecule has 31 heavy (non-hydrogen) atoms. The number of nitrogens with zero attached hydrogens (tertiary/aromatic N) is 1. The monoisotopic (exact) mass is 416 g/mol. The van der Waals surface area contributed by atoms with Crippen LogP contribution in [0.15, 0.2) is 64.9 Å². The highest BCUT2D eigenvalue weighted by molar-refractivity contribution is 6.36. The molecule has 1 aliphatic heterocycles. The van der Waals surface area contributed by atoms with Gasteiger partial charge in [0.1, 0.15) is 17.2 Å². The number of imide groups is 1. The fraction of sp³-hybridized carbons (Fsp3) is 0.200. The average molecular weight is 416 g/mol. The zero-order chi connectivity index (χ0) is 22.1. The van der Waals surface area contributed by atoms with Crippen molar-refractivity contribution in [2.45, 2.75) is 27.3 Å². The molecule has 0 bridgehead atoms. The Labute approximate surface area is 181 Å². The summed E-state index contributed by atoms with van der Waals surface area (Å²) in [6.45, 7) is 5.95. The number of anilines is 1. The van der Waals surface area contributed by atoms with Crippen molar-refractivity contribution in [3.63, 3.8) is 0 Å². The van der Waals surface area contributed by atoms with Crippen LogP contribution in [0.5, 0.6) is 5.75 Å². The van der Waals surface area contributed by atoms with Gasteiger partial charge in [-0.2, -0.15) is 0 Å². The van der Waals surface area contributed by atoms with E-state index in [1.54, 1.807) is 19.2 Å². The molecule has 0 unspecified atom stereocenters. The van der Waals surface area contributed by atoms with Crippen molar-refractivity contribution >= 4 is 23.1 Å². The maximum absolute atomic E-state index is 13.4. The molecule has 0 aliphatic carbocycles. The van der Waals surface area contributed by atoms with E-state index in [1.165, 1.54) is 11.2 Å². The maximum Gasteiger partial charge on any atom is 0.278 e. The second kappa shape index (κ2) is 8.14. The van der Waals surface area contributed by atoms with Gasteiger partial charge in [-0.3, -0.25) is 14.5 Å². The number of hydrogen-bond acceptors (Lipinski definition) is 5. The molecule has 0 saturated heterocycles. The molecule has 1 aliphatic rings. The summed E-state index contributed by atoms with van der Waals surface area (Å²) in [5.74, 6) is 0.362. The van der Waals surface area contributed by atoms with Crippen LogP contribution in [0.4, 0.5) is 5.69 Å². The van der Waals surface area contributed by atoms with Crippen LogP contribution < -0.4 is 10.1 Å². The number of amides is 2. The minimum atomic E-state index is -0.403. The van der Waals surface area contributed by atoms with Crippen molar-refractivity contribution in [2.75, 3.05) is 12.4 Å². The first kappa shape index (κ1) is 20.5. The standard InChI is InChI=1S/C25H24N2O4/c1-15-7-9-19(17(3)12-15)22-23(26-20-13-16(2)8-10-21(20)30-4)25(29)27(24(22)28)14-18-6-5-11-31-18/h5-13,26H,14H2,1-4H3. The van der Waals surface area contributed by atoms with E-state index in [0.29, 0.717) is 22.8 Å². The summed E-state index contributed by atoms with van der Waals surface area (Å²) in [6.07, 6.45) is 1.52. The molecule has 0 saturated carbocycles. The van der Waals surface area contributed by atoms with Crippen LogP contribution in [0.1, 0.15) is 28.0 Å². The third kappa shape index (κ3) is 3.84. The van der Waals surface area contributed by atoms with Crippen LogP contribution in [0, 0.1) is 20.8 Å². The number of nitrogens with one attached hydrogen (secondary N) is 1. The number of hydrogen-bond donors (Lipinski definition) is 1. The number of furan rings is 1. The number of carbonyl (C=O) groups excluding carboxylic acids is 2. The van der Waals surface area contributed by atoms with Gasteiger partial charge in [0.25, 0.3) is 11.8 Å². The molecule has 6 heteroatoms. The Morgan fingerprint density at radius 1 is 0.968 bits per heavy atom. The van der Waals surface area contributed by atoms with Gasteiger partial charge in [0.2, 0.25) is 0 Å². The number of rotatable bonds is 6. The summed E-state index contributed by atoms with van der Waals surface area (Å²) in [6, 6.07) is 14.9. The largest absolute Gasteiger partial charge is 0.495 e. The molecule has 4 rings (SSSR count). The van der Waals surface area contributed by atoms with Gasteiger partial charge in [0.05, 0.1) is 31.2 Å². The highest BCUT2D eigenvalue weighted by Gasteiger charge is 2.40.